The molecule has 1 atom stereocenters. The Morgan fingerprint density at radius 1 is 1.60 bits per heavy atom. The van der Waals surface area contributed by atoms with Crippen molar-refractivity contribution in [1.82, 2.24) is 4.90 Å². The lowest BCUT2D eigenvalue weighted by Gasteiger charge is -2.32. The molecule has 1 fully saturated rings. The van der Waals surface area contributed by atoms with Crippen molar-refractivity contribution in [3.63, 3.8) is 0 Å². The van der Waals surface area contributed by atoms with Gasteiger partial charge in [-0.1, -0.05) is 19.1 Å². The summed E-state index contributed by atoms with van der Waals surface area (Å²) in [5.41, 5.74) is 0.866. The minimum Gasteiger partial charge on any atom is -0.481 e. The van der Waals surface area contributed by atoms with Gasteiger partial charge in [0.2, 0.25) is 0 Å². The Balaban J connectivity index is 2.31. The number of aliphatic carboxylic acids is 1. The summed E-state index contributed by atoms with van der Waals surface area (Å²) >= 11 is 0. The molecule has 0 spiro atoms. The normalized spacial score (nSPS) is 22.6. The number of carboxylic acid groups (broad SMARTS) is 1. The zero-order valence-electron chi connectivity index (χ0n) is 9.54. The van der Waals surface area contributed by atoms with Gasteiger partial charge in [-0.2, -0.15) is 0 Å². The maximum Gasteiger partial charge on any atom is 0.307 e. The lowest BCUT2D eigenvalue weighted by atomic mass is 9.91. The maximum atomic E-state index is 10.5. The quantitative estimate of drug-likeness (QED) is 0.708. The molecular formula is C12H21NO2. The minimum atomic E-state index is -0.761. The number of nitrogens with zero attached hydrogens (tertiary/aromatic N) is 1. The monoisotopic (exact) mass is 211 g/mol. The molecule has 0 saturated carbocycles. The molecule has 86 valence electrons. The van der Waals surface area contributed by atoms with Gasteiger partial charge in [0.1, 0.15) is 0 Å². The molecule has 1 N–H and O–H groups in total. The second-order valence-corrected chi connectivity index (χ2v) is 4.43. The van der Waals surface area contributed by atoms with Crippen molar-refractivity contribution >= 4 is 5.97 Å². The molecular weight excluding hydrogens is 190 g/mol. The molecule has 1 aliphatic rings. The van der Waals surface area contributed by atoms with Gasteiger partial charge in [0.05, 0.1) is 6.42 Å². The fraction of sp³-hybridized carbons (Fsp3) is 0.750. The van der Waals surface area contributed by atoms with Gasteiger partial charge in [0, 0.05) is 6.54 Å². The number of carbonyl (C=O) groups is 1. The third-order valence-electron chi connectivity index (χ3n) is 3.03. The standard InChI is InChI=1S/C12H21NO2/c1-3-13-6-4-5-11(9-13)7-10(2)8-12(14)15/h11H,2-9H2,1H3,(H,14,15). The Bertz CT molecular complexity index is 238. The van der Waals surface area contributed by atoms with E-state index in [-0.39, 0.29) is 6.42 Å². The molecule has 3 nitrogen and oxygen atoms in total. The van der Waals surface area contributed by atoms with Crippen LogP contribution in [0.1, 0.15) is 32.6 Å². The van der Waals surface area contributed by atoms with Crippen molar-refractivity contribution in [2.24, 2.45) is 5.92 Å². The van der Waals surface area contributed by atoms with Gasteiger partial charge in [0.15, 0.2) is 0 Å². The third kappa shape index (κ3) is 4.47. The first-order valence-corrected chi connectivity index (χ1v) is 5.72. The highest BCUT2D eigenvalue weighted by Gasteiger charge is 2.19. The van der Waals surface area contributed by atoms with Gasteiger partial charge in [-0.05, 0) is 38.3 Å². The molecule has 0 aromatic rings. The van der Waals surface area contributed by atoms with E-state index >= 15 is 0 Å². The summed E-state index contributed by atoms with van der Waals surface area (Å²) in [5, 5.41) is 8.64. The number of likely N-dealkylation sites (tertiary alicyclic amines) is 1. The molecule has 1 aliphatic heterocycles. The summed E-state index contributed by atoms with van der Waals surface area (Å²) in [6.07, 6.45) is 3.46. The van der Waals surface area contributed by atoms with E-state index in [2.05, 4.69) is 18.4 Å². The molecule has 0 bridgehead atoms. The van der Waals surface area contributed by atoms with Gasteiger partial charge in [-0.25, -0.2) is 0 Å². The van der Waals surface area contributed by atoms with Crippen LogP contribution in [0.15, 0.2) is 12.2 Å². The smallest absolute Gasteiger partial charge is 0.307 e. The fourth-order valence-corrected chi connectivity index (χ4v) is 2.30. The second kappa shape index (κ2) is 5.91. The van der Waals surface area contributed by atoms with Crippen LogP contribution in [0.25, 0.3) is 0 Å². The number of carboxylic acids is 1. The van der Waals surface area contributed by atoms with E-state index < -0.39 is 5.97 Å². The van der Waals surface area contributed by atoms with E-state index in [1.807, 2.05) is 0 Å². The SMILES string of the molecule is C=C(CC(=O)O)CC1CCCN(CC)C1. The number of hydrogen-bond acceptors (Lipinski definition) is 2. The van der Waals surface area contributed by atoms with Crippen molar-refractivity contribution in [3.8, 4) is 0 Å². The largest absolute Gasteiger partial charge is 0.481 e. The number of rotatable bonds is 5. The Labute approximate surface area is 91.8 Å². The predicted molar refractivity (Wildman–Crippen MR) is 60.8 cm³/mol. The van der Waals surface area contributed by atoms with Crippen molar-refractivity contribution in [1.29, 1.82) is 0 Å². The second-order valence-electron chi connectivity index (χ2n) is 4.43. The van der Waals surface area contributed by atoms with Crippen LogP contribution in [-0.4, -0.2) is 35.6 Å². The molecule has 15 heavy (non-hydrogen) atoms. The van der Waals surface area contributed by atoms with E-state index in [0.717, 1.165) is 25.1 Å². The summed E-state index contributed by atoms with van der Waals surface area (Å²) < 4.78 is 0. The first kappa shape index (κ1) is 12.2. The van der Waals surface area contributed by atoms with Gasteiger partial charge in [-0.3, -0.25) is 4.79 Å². The number of hydrogen-bond donors (Lipinski definition) is 1. The average Bonchev–Trinajstić information content (AvgIpc) is 2.16. The van der Waals surface area contributed by atoms with Gasteiger partial charge < -0.3 is 10.0 Å². The van der Waals surface area contributed by atoms with Crippen LogP contribution < -0.4 is 0 Å². The fourth-order valence-electron chi connectivity index (χ4n) is 2.30. The first-order chi connectivity index (χ1) is 7.11. The Hall–Kier alpha value is -0.830. The van der Waals surface area contributed by atoms with E-state index in [9.17, 15) is 4.79 Å². The van der Waals surface area contributed by atoms with Crippen LogP contribution in [0.2, 0.25) is 0 Å². The van der Waals surface area contributed by atoms with Crippen molar-refractivity contribution < 1.29 is 9.90 Å². The molecule has 0 aromatic carbocycles. The molecule has 0 radical (unpaired) electrons. The first-order valence-electron chi connectivity index (χ1n) is 5.72. The summed E-state index contributed by atoms with van der Waals surface area (Å²) in [6.45, 7) is 9.41. The van der Waals surface area contributed by atoms with Gasteiger partial charge in [0.25, 0.3) is 0 Å². The summed E-state index contributed by atoms with van der Waals surface area (Å²) in [7, 11) is 0. The topological polar surface area (TPSA) is 40.5 Å². The van der Waals surface area contributed by atoms with Gasteiger partial charge in [-0.15, -0.1) is 0 Å². The average molecular weight is 211 g/mol. The third-order valence-corrected chi connectivity index (χ3v) is 3.03. The van der Waals surface area contributed by atoms with Crippen LogP contribution in [0.4, 0.5) is 0 Å². The van der Waals surface area contributed by atoms with E-state index in [0.29, 0.717) is 5.92 Å². The Morgan fingerprint density at radius 2 is 2.33 bits per heavy atom. The van der Waals surface area contributed by atoms with Crippen LogP contribution in [0, 0.1) is 5.92 Å². The molecule has 1 rings (SSSR count). The molecule has 1 heterocycles. The van der Waals surface area contributed by atoms with Crippen LogP contribution in [-0.2, 0) is 4.79 Å². The molecule has 3 heteroatoms. The van der Waals surface area contributed by atoms with Crippen LogP contribution >= 0.6 is 0 Å². The Kier molecular flexibility index (Phi) is 4.82. The van der Waals surface area contributed by atoms with E-state index in [4.69, 9.17) is 5.11 Å². The van der Waals surface area contributed by atoms with Gasteiger partial charge >= 0.3 is 5.97 Å². The predicted octanol–water partition coefficient (Wildman–Crippen LogP) is 2.14. The molecule has 0 aromatic heterocycles. The minimum absolute atomic E-state index is 0.128. The zero-order chi connectivity index (χ0) is 11.3. The maximum absolute atomic E-state index is 10.5. The van der Waals surface area contributed by atoms with E-state index in [1.165, 1.54) is 19.4 Å². The molecule has 1 unspecified atom stereocenters. The lowest BCUT2D eigenvalue weighted by Crippen LogP contribution is -2.35. The van der Waals surface area contributed by atoms with Crippen molar-refractivity contribution in [2.75, 3.05) is 19.6 Å². The zero-order valence-corrected chi connectivity index (χ0v) is 9.54. The highest BCUT2D eigenvalue weighted by molar-refractivity contribution is 5.69. The van der Waals surface area contributed by atoms with Crippen molar-refractivity contribution in [2.45, 2.75) is 32.6 Å². The summed E-state index contributed by atoms with van der Waals surface area (Å²) in [5.74, 6) is -0.145. The van der Waals surface area contributed by atoms with Crippen LogP contribution in [0.5, 0.6) is 0 Å². The molecule has 1 saturated heterocycles. The number of piperidine rings is 1. The lowest BCUT2D eigenvalue weighted by molar-refractivity contribution is -0.136. The van der Waals surface area contributed by atoms with Crippen LogP contribution in [0.3, 0.4) is 0 Å². The highest BCUT2D eigenvalue weighted by Crippen LogP contribution is 2.23. The van der Waals surface area contributed by atoms with E-state index in [1.54, 1.807) is 0 Å². The summed E-state index contributed by atoms with van der Waals surface area (Å²) in [4.78, 5) is 12.9. The van der Waals surface area contributed by atoms with Crippen molar-refractivity contribution in [3.05, 3.63) is 12.2 Å². The highest BCUT2D eigenvalue weighted by atomic mass is 16.4. The molecule has 0 amide bonds. The Morgan fingerprint density at radius 3 is 2.93 bits per heavy atom. The molecule has 0 aliphatic carbocycles. The summed E-state index contributed by atoms with van der Waals surface area (Å²) in [6, 6.07) is 0.